The monoisotopic (exact) mass is 362 g/mol. The summed E-state index contributed by atoms with van der Waals surface area (Å²) < 4.78 is 17.0. The van der Waals surface area contributed by atoms with Gasteiger partial charge >= 0.3 is 0 Å². The lowest BCUT2D eigenvalue weighted by Crippen LogP contribution is -2.30. The zero-order valence-corrected chi connectivity index (χ0v) is 16.1. The van der Waals surface area contributed by atoms with Crippen LogP contribution >= 0.6 is 0 Å². The predicted octanol–water partition coefficient (Wildman–Crippen LogP) is 5.75. The molecular formula is C24H27FN2. The Kier molecular flexibility index (Phi) is 5.13. The summed E-state index contributed by atoms with van der Waals surface area (Å²) >= 11 is 0. The predicted molar refractivity (Wildman–Crippen MR) is 108 cm³/mol. The van der Waals surface area contributed by atoms with Crippen LogP contribution in [-0.4, -0.2) is 16.0 Å². The minimum absolute atomic E-state index is 0.0616. The fourth-order valence-corrected chi connectivity index (χ4v) is 4.11. The summed E-state index contributed by atoms with van der Waals surface area (Å²) in [7, 11) is 0. The number of halogens is 1. The quantitative estimate of drug-likeness (QED) is 0.574. The van der Waals surface area contributed by atoms with Gasteiger partial charge in [-0.25, -0.2) is 4.39 Å². The lowest BCUT2D eigenvalue weighted by molar-refractivity contribution is 0.216. The van der Waals surface area contributed by atoms with Crippen LogP contribution in [0, 0.1) is 5.82 Å². The van der Waals surface area contributed by atoms with Crippen molar-refractivity contribution < 1.29 is 4.39 Å². The second kappa shape index (κ2) is 7.69. The fraction of sp³-hybridized carbons (Fsp3) is 0.333. The van der Waals surface area contributed by atoms with Gasteiger partial charge in [0.25, 0.3) is 0 Å². The molecule has 0 bridgehead atoms. The fourth-order valence-electron chi connectivity index (χ4n) is 4.11. The molecule has 0 radical (unpaired) electrons. The van der Waals surface area contributed by atoms with Crippen molar-refractivity contribution in [2.24, 2.45) is 0 Å². The molecule has 2 aromatic carbocycles. The summed E-state index contributed by atoms with van der Waals surface area (Å²) in [5, 5.41) is 0. The molecule has 1 aromatic heterocycles. The molecule has 2 nitrogen and oxygen atoms in total. The Labute approximate surface area is 161 Å². The summed E-state index contributed by atoms with van der Waals surface area (Å²) in [4.78, 5) is 2.42. The van der Waals surface area contributed by atoms with E-state index in [2.05, 4.69) is 65.9 Å². The molecule has 0 spiro atoms. The smallest absolute Gasteiger partial charge is 0.128 e. The SMILES string of the molecule is CC(C)c1ccc(CN2CCCn3cccc3[C@H]2c2ccccc2F)cc1. The van der Waals surface area contributed by atoms with Gasteiger partial charge in [-0.1, -0.05) is 56.3 Å². The van der Waals surface area contributed by atoms with Crippen LogP contribution in [0.25, 0.3) is 0 Å². The number of aromatic nitrogens is 1. The van der Waals surface area contributed by atoms with Gasteiger partial charge in [0.05, 0.1) is 6.04 Å². The molecule has 0 amide bonds. The van der Waals surface area contributed by atoms with Gasteiger partial charge in [-0.15, -0.1) is 0 Å². The van der Waals surface area contributed by atoms with Gasteiger partial charge in [0.15, 0.2) is 0 Å². The third kappa shape index (κ3) is 3.70. The first-order valence-corrected chi connectivity index (χ1v) is 9.86. The molecule has 0 unspecified atom stereocenters. The molecule has 0 N–H and O–H groups in total. The van der Waals surface area contributed by atoms with E-state index < -0.39 is 0 Å². The summed E-state index contributed by atoms with van der Waals surface area (Å²) in [6.45, 7) is 7.18. The van der Waals surface area contributed by atoms with Gasteiger partial charge in [0, 0.05) is 37.1 Å². The maximum Gasteiger partial charge on any atom is 0.128 e. The molecular weight excluding hydrogens is 335 g/mol. The highest BCUT2D eigenvalue weighted by Crippen LogP contribution is 2.34. The van der Waals surface area contributed by atoms with Crippen LogP contribution in [0.15, 0.2) is 66.9 Å². The van der Waals surface area contributed by atoms with E-state index in [0.717, 1.165) is 31.6 Å². The van der Waals surface area contributed by atoms with Crippen LogP contribution in [0.1, 0.15) is 54.6 Å². The largest absolute Gasteiger partial charge is 0.350 e. The second-order valence-electron chi connectivity index (χ2n) is 7.77. The Hall–Kier alpha value is -2.39. The highest BCUT2D eigenvalue weighted by molar-refractivity contribution is 5.32. The average Bonchev–Trinajstić information content (AvgIpc) is 3.05. The molecule has 3 aromatic rings. The second-order valence-corrected chi connectivity index (χ2v) is 7.77. The molecule has 2 heterocycles. The standard InChI is InChI=1S/C24H27FN2/c1-18(2)20-12-10-19(11-13-20)17-27-16-6-15-26-14-5-9-23(26)24(27)21-7-3-4-8-22(21)25/h3-5,7-14,18,24H,6,15-17H2,1-2H3/t24-/m1/s1. The Morgan fingerprint density at radius 2 is 1.74 bits per heavy atom. The van der Waals surface area contributed by atoms with E-state index in [1.165, 1.54) is 16.8 Å². The molecule has 0 aliphatic carbocycles. The molecule has 1 aliphatic rings. The van der Waals surface area contributed by atoms with Gasteiger partial charge in [-0.05, 0) is 41.7 Å². The lowest BCUT2D eigenvalue weighted by atomic mass is 9.99. The van der Waals surface area contributed by atoms with Crippen molar-refractivity contribution in [3.8, 4) is 0 Å². The van der Waals surface area contributed by atoms with E-state index in [0.29, 0.717) is 5.92 Å². The van der Waals surface area contributed by atoms with Crippen molar-refractivity contribution in [2.45, 2.75) is 45.3 Å². The molecule has 0 fully saturated rings. The molecule has 27 heavy (non-hydrogen) atoms. The molecule has 3 heteroatoms. The first kappa shape index (κ1) is 18.0. The minimum Gasteiger partial charge on any atom is -0.350 e. The van der Waals surface area contributed by atoms with E-state index in [1.807, 2.05) is 12.1 Å². The molecule has 4 rings (SSSR count). The number of hydrogen-bond donors (Lipinski definition) is 0. The van der Waals surface area contributed by atoms with E-state index in [4.69, 9.17) is 0 Å². The first-order chi connectivity index (χ1) is 13.1. The van der Waals surface area contributed by atoms with Gasteiger partial charge in [0.2, 0.25) is 0 Å². The van der Waals surface area contributed by atoms with Crippen LogP contribution in [0.4, 0.5) is 4.39 Å². The molecule has 1 atom stereocenters. The number of aryl methyl sites for hydroxylation is 1. The zero-order valence-electron chi connectivity index (χ0n) is 16.1. The third-order valence-electron chi connectivity index (χ3n) is 5.59. The normalized spacial score (nSPS) is 17.7. The Bertz CT molecular complexity index is 895. The number of fused-ring (bicyclic) bond motifs is 1. The van der Waals surface area contributed by atoms with E-state index in [9.17, 15) is 4.39 Å². The molecule has 1 aliphatic heterocycles. The third-order valence-corrected chi connectivity index (χ3v) is 5.59. The van der Waals surface area contributed by atoms with Crippen LogP contribution in [0.3, 0.4) is 0 Å². The van der Waals surface area contributed by atoms with Crippen molar-refractivity contribution in [3.63, 3.8) is 0 Å². The molecule has 0 saturated heterocycles. The summed E-state index contributed by atoms with van der Waals surface area (Å²) in [5.74, 6) is 0.406. The van der Waals surface area contributed by atoms with Crippen LogP contribution < -0.4 is 0 Å². The van der Waals surface area contributed by atoms with Crippen molar-refractivity contribution in [1.82, 2.24) is 9.47 Å². The van der Waals surface area contributed by atoms with Gasteiger partial charge in [-0.2, -0.15) is 0 Å². The Balaban J connectivity index is 1.70. The van der Waals surface area contributed by atoms with Gasteiger partial charge in [-0.3, -0.25) is 4.90 Å². The topological polar surface area (TPSA) is 8.17 Å². The molecule has 0 saturated carbocycles. The summed E-state index contributed by atoms with van der Waals surface area (Å²) in [5.41, 5.74) is 4.57. The zero-order chi connectivity index (χ0) is 18.8. The van der Waals surface area contributed by atoms with Crippen molar-refractivity contribution >= 4 is 0 Å². The Morgan fingerprint density at radius 1 is 0.963 bits per heavy atom. The first-order valence-electron chi connectivity index (χ1n) is 9.86. The highest BCUT2D eigenvalue weighted by Gasteiger charge is 2.29. The highest BCUT2D eigenvalue weighted by atomic mass is 19.1. The van der Waals surface area contributed by atoms with Crippen LogP contribution in [0.2, 0.25) is 0 Å². The van der Waals surface area contributed by atoms with Gasteiger partial charge < -0.3 is 4.57 Å². The van der Waals surface area contributed by atoms with E-state index in [-0.39, 0.29) is 11.9 Å². The number of rotatable bonds is 4. The van der Waals surface area contributed by atoms with Crippen molar-refractivity contribution in [1.29, 1.82) is 0 Å². The molecule has 140 valence electrons. The van der Waals surface area contributed by atoms with Gasteiger partial charge in [0.1, 0.15) is 5.82 Å². The summed E-state index contributed by atoms with van der Waals surface area (Å²) in [6.07, 6.45) is 3.18. The Morgan fingerprint density at radius 3 is 2.48 bits per heavy atom. The number of nitrogens with zero attached hydrogens (tertiary/aromatic N) is 2. The van der Waals surface area contributed by atoms with Crippen LogP contribution in [0.5, 0.6) is 0 Å². The number of hydrogen-bond acceptors (Lipinski definition) is 1. The van der Waals surface area contributed by atoms with Crippen molar-refractivity contribution in [2.75, 3.05) is 6.54 Å². The summed E-state index contributed by atoms with van der Waals surface area (Å²) in [6, 6.07) is 20.2. The minimum atomic E-state index is -0.127. The van der Waals surface area contributed by atoms with E-state index >= 15 is 0 Å². The van der Waals surface area contributed by atoms with E-state index in [1.54, 1.807) is 12.1 Å². The maximum atomic E-state index is 14.7. The van der Waals surface area contributed by atoms with Crippen LogP contribution in [-0.2, 0) is 13.1 Å². The maximum absolute atomic E-state index is 14.7. The average molecular weight is 362 g/mol. The number of benzene rings is 2. The van der Waals surface area contributed by atoms with Crippen molar-refractivity contribution in [3.05, 3.63) is 95.1 Å². The lowest BCUT2D eigenvalue weighted by Gasteiger charge is -2.31.